The van der Waals surface area contributed by atoms with Crippen LogP contribution in [0.1, 0.15) is 12.0 Å². The number of hydrogen-bond acceptors (Lipinski definition) is 5. The number of pyridine rings is 2. The van der Waals surface area contributed by atoms with Crippen molar-refractivity contribution < 1.29 is 5.11 Å². The zero-order valence-corrected chi connectivity index (χ0v) is 11.8. The summed E-state index contributed by atoms with van der Waals surface area (Å²) in [6.45, 7) is 2.72. The lowest BCUT2D eigenvalue weighted by Gasteiger charge is -2.04. The van der Waals surface area contributed by atoms with Gasteiger partial charge in [-0.25, -0.2) is 9.67 Å². The Kier molecular flexibility index (Phi) is 3.53. The average Bonchev–Trinajstić information content (AvgIpc) is 2.81. The standard InChI is InChI=1S/C15H17N5O/c1-10-5-11(8-17-7-10)12-6-13-14(16)19-20(3-2-4-21)15(13)18-9-12/h5-9,21H,2-4H2,1H3,(H2,16,19). The summed E-state index contributed by atoms with van der Waals surface area (Å²) in [5, 5.41) is 14.0. The number of anilines is 1. The third-order valence-corrected chi connectivity index (χ3v) is 3.35. The number of rotatable bonds is 4. The van der Waals surface area contributed by atoms with E-state index in [1.165, 1.54) is 0 Å². The van der Waals surface area contributed by atoms with E-state index in [0.717, 1.165) is 27.7 Å². The minimum absolute atomic E-state index is 0.119. The second kappa shape index (κ2) is 5.49. The second-order valence-corrected chi connectivity index (χ2v) is 5.03. The zero-order valence-electron chi connectivity index (χ0n) is 11.8. The molecule has 0 radical (unpaired) electrons. The molecule has 21 heavy (non-hydrogen) atoms. The Balaban J connectivity index is 2.06. The summed E-state index contributed by atoms with van der Waals surface area (Å²) in [7, 11) is 0. The second-order valence-electron chi connectivity index (χ2n) is 5.03. The lowest BCUT2D eigenvalue weighted by atomic mass is 10.1. The van der Waals surface area contributed by atoms with Crippen LogP contribution in [0.4, 0.5) is 5.82 Å². The van der Waals surface area contributed by atoms with Gasteiger partial charge in [-0.15, -0.1) is 0 Å². The topological polar surface area (TPSA) is 89.9 Å². The van der Waals surface area contributed by atoms with Crippen LogP contribution in [0.5, 0.6) is 0 Å². The van der Waals surface area contributed by atoms with E-state index in [-0.39, 0.29) is 6.61 Å². The first kappa shape index (κ1) is 13.5. The Labute approximate surface area is 122 Å². The Hall–Kier alpha value is -2.47. The molecule has 0 spiro atoms. The normalized spacial score (nSPS) is 11.1. The highest BCUT2D eigenvalue weighted by molar-refractivity contribution is 5.89. The number of aromatic nitrogens is 4. The quantitative estimate of drug-likeness (QED) is 0.761. The molecule has 0 fully saturated rings. The van der Waals surface area contributed by atoms with Gasteiger partial charge in [0, 0.05) is 42.9 Å². The molecule has 0 aliphatic rings. The van der Waals surface area contributed by atoms with Gasteiger partial charge in [0.2, 0.25) is 0 Å². The van der Waals surface area contributed by atoms with Gasteiger partial charge < -0.3 is 10.8 Å². The lowest BCUT2D eigenvalue weighted by molar-refractivity contribution is 0.278. The average molecular weight is 283 g/mol. The molecule has 3 aromatic rings. The van der Waals surface area contributed by atoms with Crippen LogP contribution in [0.15, 0.2) is 30.7 Å². The molecule has 0 amide bonds. The van der Waals surface area contributed by atoms with Gasteiger partial charge in [-0.3, -0.25) is 4.98 Å². The third kappa shape index (κ3) is 2.57. The predicted molar refractivity (Wildman–Crippen MR) is 81.6 cm³/mol. The smallest absolute Gasteiger partial charge is 0.159 e. The van der Waals surface area contributed by atoms with Gasteiger partial charge in [-0.2, -0.15) is 5.10 Å². The van der Waals surface area contributed by atoms with Crippen molar-refractivity contribution in [3.8, 4) is 11.1 Å². The van der Waals surface area contributed by atoms with Gasteiger partial charge >= 0.3 is 0 Å². The van der Waals surface area contributed by atoms with Crippen molar-refractivity contribution in [2.45, 2.75) is 19.9 Å². The number of nitrogens with zero attached hydrogens (tertiary/aromatic N) is 4. The summed E-state index contributed by atoms with van der Waals surface area (Å²) < 4.78 is 1.74. The zero-order chi connectivity index (χ0) is 14.8. The van der Waals surface area contributed by atoms with E-state index in [9.17, 15) is 0 Å². The van der Waals surface area contributed by atoms with Gasteiger partial charge in [-0.05, 0) is 31.0 Å². The van der Waals surface area contributed by atoms with Crippen LogP contribution >= 0.6 is 0 Å². The first-order valence-electron chi connectivity index (χ1n) is 6.84. The van der Waals surface area contributed by atoms with Crippen molar-refractivity contribution in [3.63, 3.8) is 0 Å². The molecule has 0 aliphatic heterocycles. The van der Waals surface area contributed by atoms with E-state index in [2.05, 4.69) is 21.1 Å². The summed E-state index contributed by atoms with van der Waals surface area (Å²) in [5.74, 6) is 0.456. The van der Waals surface area contributed by atoms with E-state index in [0.29, 0.717) is 18.8 Å². The van der Waals surface area contributed by atoms with E-state index in [4.69, 9.17) is 10.8 Å². The summed E-state index contributed by atoms with van der Waals surface area (Å²) in [6, 6.07) is 4.04. The highest BCUT2D eigenvalue weighted by atomic mass is 16.3. The fraction of sp³-hybridized carbons (Fsp3) is 0.267. The Morgan fingerprint density at radius 3 is 2.76 bits per heavy atom. The molecule has 0 aromatic carbocycles. The molecule has 0 bridgehead atoms. The van der Waals surface area contributed by atoms with Crippen LogP contribution < -0.4 is 5.73 Å². The van der Waals surface area contributed by atoms with Gasteiger partial charge in [-0.1, -0.05) is 0 Å². The lowest BCUT2D eigenvalue weighted by Crippen LogP contribution is -2.03. The molecule has 3 rings (SSSR count). The Morgan fingerprint density at radius 1 is 1.19 bits per heavy atom. The monoisotopic (exact) mass is 283 g/mol. The minimum atomic E-state index is 0.119. The van der Waals surface area contributed by atoms with E-state index in [1.807, 2.05) is 25.4 Å². The van der Waals surface area contributed by atoms with Gasteiger partial charge in [0.05, 0.1) is 5.39 Å². The molecule has 0 atom stereocenters. The SMILES string of the molecule is Cc1cncc(-c2cnc3c(c2)c(N)nn3CCCO)c1. The van der Waals surface area contributed by atoms with Crippen LogP contribution in [0.25, 0.3) is 22.2 Å². The molecular formula is C15H17N5O. The van der Waals surface area contributed by atoms with E-state index >= 15 is 0 Å². The number of nitrogens with two attached hydrogens (primary N) is 1. The number of aryl methyl sites for hydroxylation is 2. The van der Waals surface area contributed by atoms with E-state index in [1.54, 1.807) is 10.9 Å². The summed E-state index contributed by atoms with van der Waals surface area (Å²) in [6.07, 6.45) is 6.05. The van der Waals surface area contributed by atoms with Crippen LogP contribution in [-0.4, -0.2) is 31.5 Å². The van der Waals surface area contributed by atoms with Crippen molar-refractivity contribution in [1.29, 1.82) is 0 Å². The highest BCUT2D eigenvalue weighted by Crippen LogP contribution is 2.26. The Bertz CT molecular complexity index is 781. The molecule has 0 saturated heterocycles. The summed E-state index contributed by atoms with van der Waals surface area (Å²) in [4.78, 5) is 8.67. The molecule has 3 aromatic heterocycles. The molecular weight excluding hydrogens is 266 g/mol. The molecule has 3 N–H and O–H groups in total. The van der Waals surface area contributed by atoms with Crippen LogP contribution in [0.2, 0.25) is 0 Å². The van der Waals surface area contributed by atoms with Crippen molar-refractivity contribution >= 4 is 16.9 Å². The fourth-order valence-electron chi connectivity index (χ4n) is 2.33. The molecule has 6 nitrogen and oxygen atoms in total. The number of nitrogen functional groups attached to an aromatic ring is 1. The number of aliphatic hydroxyl groups excluding tert-OH is 1. The molecule has 3 heterocycles. The minimum Gasteiger partial charge on any atom is -0.396 e. The maximum atomic E-state index is 8.93. The Morgan fingerprint density at radius 2 is 2.00 bits per heavy atom. The number of hydrogen-bond donors (Lipinski definition) is 2. The van der Waals surface area contributed by atoms with Gasteiger partial charge in [0.15, 0.2) is 11.5 Å². The maximum Gasteiger partial charge on any atom is 0.159 e. The third-order valence-electron chi connectivity index (χ3n) is 3.35. The van der Waals surface area contributed by atoms with Crippen molar-refractivity contribution in [3.05, 3.63) is 36.3 Å². The van der Waals surface area contributed by atoms with E-state index < -0.39 is 0 Å². The summed E-state index contributed by atoms with van der Waals surface area (Å²) >= 11 is 0. The highest BCUT2D eigenvalue weighted by Gasteiger charge is 2.11. The number of fused-ring (bicyclic) bond motifs is 1. The molecule has 108 valence electrons. The molecule has 0 unspecified atom stereocenters. The predicted octanol–water partition coefficient (Wildman–Crippen LogP) is 1.77. The summed E-state index contributed by atoms with van der Waals surface area (Å²) in [5.41, 5.74) is 9.78. The van der Waals surface area contributed by atoms with Crippen LogP contribution in [0.3, 0.4) is 0 Å². The van der Waals surface area contributed by atoms with Gasteiger partial charge in [0.1, 0.15) is 0 Å². The van der Waals surface area contributed by atoms with Crippen LogP contribution in [0, 0.1) is 6.92 Å². The largest absolute Gasteiger partial charge is 0.396 e. The molecule has 0 saturated carbocycles. The maximum absolute atomic E-state index is 8.93. The van der Waals surface area contributed by atoms with Gasteiger partial charge in [0.25, 0.3) is 0 Å². The van der Waals surface area contributed by atoms with Crippen molar-refractivity contribution in [1.82, 2.24) is 19.7 Å². The molecule has 0 aliphatic carbocycles. The fourth-order valence-corrected chi connectivity index (χ4v) is 2.33. The van der Waals surface area contributed by atoms with Crippen LogP contribution in [-0.2, 0) is 6.54 Å². The molecule has 6 heteroatoms. The van der Waals surface area contributed by atoms with Crippen molar-refractivity contribution in [2.24, 2.45) is 0 Å². The first-order chi connectivity index (χ1) is 10.2. The number of aliphatic hydroxyl groups is 1. The first-order valence-corrected chi connectivity index (χ1v) is 6.84. The van der Waals surface area contributed by atoms with Crippen molar-refractivity contribution in [2.75, 3.05) is 12.3 Å².